The normalized spacial score (nSPS) is 17.9. The number of phosphoric acid groups is 1. The molecule has 0 saturated carbocycles. The molecule has 0 aromatic carbocycles. The number of quaternary nitrogens is 1. The Morgan fingerprint density at radius 2 is 1.16 bits per heavy atom. The molecule has 10 heteroatoms. The molecule has 1 N–H and O–H groups in total. The first-order valence-electron chi connectivity index (χ1n) is 22.2. The van der Waals surface area contributed by atoms with Crippen LogP contribution in [-0.4, -0.2) is 81.2 Å². The lowest BCUT2D eigenvalue weighted by atomic mass is 10.1. The van der Waals surface area contributed by atoms with Crippen molar-refractivity contribution in [2.45, 2.75) is 180 Å². The maximum atomic E-state index is 12.5. The molecule has 0 bridgehead atoms. The van der Waals surface area contributed by atoms with Crippen LogP contribution < -0.4 is 0 Å². The van der Waals surface area contributed by atoms with E-state index in [1.807, 2.05) is 27.2 Å². The van der Waals surface area contributed by atoms with Gasteiger partial charge in [-0.1, -0.05) is 120 Å². The summed E-state index contributed by atoms with van der Waals surface area (Å²) in [5.74, 6) is -0.339. The maximum absolute atomic E-state index is 12.5. The highest BCUT2D eigenvalue weighted by atomic mass is 31.2. The number of allylic oxidation sites excluding steroid dienone is 7. The summed E-state index contributed by atoms with van der Waals surface area (Å²) in [6.45, 7) is 4.77. The van der Waals surface area contributed by atoms with Crippen molar-refractivity contribution in [3.05, 3.63) is 60.9 Å². The van der Waals surface area contributed by atoms with Crippen LogP contribution in [0.2, 0.25) is 0 Å². The van der Waals surface area contributed by atoms with Gasteiger partial charge in [0.1, 0.15) is 19.8 Å². The highest BCUT2D eigenvalue weighted by Crippen LogP contribution is 2.43. The number of esters is 1. The lowest BCUT2D eigenvalue weighted by Crippen LogP contribution is -2.37. The van der Waals surface area contributed by atoms with Crippen molar-refractivity contribution >= 4 is 13.8 Å². The Balaban J connectivity index is 2.30. The molecule has 0 aromatic rings. The van der Waals surface area contributed by atoms with E-state index in [0.29, 0.717) is 23.6 Å². The summed E-state index contributed by atoms with van der Waals surface area (Å²) in [4.78, 5) is 22.7. The number of unbranched alkanes of at least 4 members (excludes halogenated alkanes) is 15. The maximum Gasteiger partial charge on any atom is 0.472 e. The van der Waals surface area contributed by atoms with E-state index in [0.717, 1.165) is 38.5 Å². The quantitative estimate of drug-likeness (QED) is 0.0125. The number of ether oxygens (including phenoxy) is 3. The van der Waals surface area contributed by atoms with Crippen molar-refractivity contribution in [1.29, 1.82) is 0 Å². The molecule has 0 spiro atoms. The third kappa shape index (κ3) is 35.2. The van der Waals surface area contributed by atoms with Gasteiger partial charge in [0.15, 0.2) is 6.10 Å². The second-order valence-corrected chi connectivity index (χ2v) is 17.6. The average Bonchev–Trinajstić information content (AvgIpc) is 3.91. The number of likely N-dealkylation sites (N-methyl/N-ethyl adjacent to an activating group) is 1. The predicted octanol–water partition coefficient (Wildman–Crippen LogP) is 12.3. The Bertz CT molecular complexity index is 1140. The van der Waals surface area contributed by atoms with Gasteiger partial charge in [-0.25, -0.2) is 4.57 Å². The van der Waals surface area contributed by atoms with Crippen LogP contribution in [0.25, 0.3) is 0 Å². The van der Waals surface area contributed by atoms with E-state index >= 15 is 0 Å². The largest absolute Gasteiger partial charge is 0.492 e. The van der Waals surface area contributed by atoms with Crippen LogP contribution in [0, 0.1) is 0 Å². The van der Waals surface area contributed by atoms with E-state index in [-0.39, 0.29) is 38.3 Å². The number of rotatable bonds is 39. The van der Waals surface area contributed by atoms with Gasteiger partial charge in [0, 0.05) is 6.42 Å². The number of hydrogen-bond donors (Lipinski definition) is 1. The predicted molar refractivity (Wildman–Crippen MR) is 232 cm³/mol. The summed E-state index contributed by atoms with van der Waals surface area (Å²) in [7, 11) is 1.62. The van der Waals surface area contributed by atoms with Gasteiger partial charge in [0.05, 0.1) is 46.2 Å². The Morgan fingerprint density at radius 3 is 1.80 bits per heavy atom. The fourth-order valence-corrected chi connectivity index (χ4v) is 6.60. The molecular weight excluding hydrogens is 725 g/mol. The number of carbonyl (C=O) groups is 1. The molecule has 1 heterocycles. The van der Waals surface area contributed by atoms with E-state index in [1.54, 1.807) is 6.26 Å². The molecule has 56 heavy (non-hydrogen) atoms. The molecule has 0 radical (unpaired) electrons. The van der Waals surface area contributed by atoms with Crippen molar-refractivity contribution in [1.82, 2.24) is 0 Å². The molecule has 1 rings (SSSR count). The third-order valence-corrected chi connectivity index (χ3v) is 10.5. The molecule has 1 saturated heterocycles. The van der Waals surface area contributed by atoms with Crippen molar-refractivity contribution in [2.75, 3.05) is 47.5 Å². The van der Waals surface area contributed by atoms with Crippen LogP contribution >= 0.6 is 7.82 Å². The summed E-state index contributed by atoms with van der Waals surface area (Å²) in [5, 5.41) is 0. The summed E-state index contributed by atoms with van der Waals surface area (Å²) in [6.07, 6.45) is 46.7. The summed E-state index contributed by atoms with van der Waals surface area (Å²) in [5.41, 5.74) is 0. The molecule has 9 nitrogen and oxygen atoms in total. The van der Waals surface area contributed by atoms with Crippen molar-refractivity contribution in [3.63, 3.8) is 0 Å². The van der Waals surface area contributed by atoms with E-state index in [9.17, 15) is 14.3 Å². The van der Waals surface area contributed by atoms with Gasteiger partial charge in [-0.05, 0) is 89.5 Å². The Morgan fingerprint density at radius 1 is 0.661 bits per heavy atom. The molecular formula is C46H83NO8P+. The van der Waals surface area contributed by atoms with E-state index in [1.165, 1.54) is 96.3 Å². The molecule has 0 aromatic heterocycles. The zero-order chi connectivity index (χ0) is 41.0. The molecule has 0 amide bonds. The van der Waals surface area contributed by atoms with Gasteiger partial charge in [-0.3, -0.25) is 13.8 Å². The minimum Gasteiger partial charge on any atom is -0.492 e. The number of nitrogens with zero attached hydrogens (tertiary/aromatic N) is 1. The van der Waals surface area contributed by atoms with Gasteiger partial charge in [0.25, 0.3) is 0 Å². The Labute approximate surface area is 343 Å². The van der Waals surface area contributed by atoms with Gasteiger partial charge < -0.3 is 23.6 Å². The zero-order valence-electron chi connectivity index (χ0n) is 36.3. The van der Waals surface area contributed by atoms with E-state index in [2.05, 4.69) is 62.5 Å². The number of epoxide rings is 1. The molecule has 4 atom stereocenters. The summed E-state index contributed by atoms with van der Waals surface area (Å²) < 4.78 is 40.5. The molecule has 0 aliphatic carbocycles. The number of carbonyl (C=O) groups excluding carboxylic acids is 1. The third-order valence-electron chi connectivity index (χ3n) is 9.54. The number of hydrogen-bond acceptors (Lipinski definition) is 7. The summed E-state index contributed by atoms with van der Waals surface area (Å²) >= 11 is 0. The van der Waals surface area contributed by atoms with E-state index < -0.39 is 13.9 Å². The van der Waals surface area contributed by atoms with Gasteiger partial charge in [-0.15, -0.1) is 0 Å². The lowest BCUT2D eigenvalue weighted by molar-refractivity contribution is -0.870. The first-order chi connectivity index (χ1) is 27.1. The average molecular weight is 809 g/mol. The fraction of sp³-hybridized carbons (Fsp3) is 0.761. The zero-order valence-corrected chi connectivity index (χ0v) is 37.2. The van der Waals surface area contributed by atoms with Crippen LogP contribution in [0.5, 0.6) is 0 Å². The lowest BCUT2D eigenvalue weighted by Gasteiger charge is -2.24. The smallest absolute Gasteiger partial charge is 0.472 e. The second kappa shape index (κ2) is 35.0. The van der Waals surface area contributed by atoms with Crippen LogP contribution in [0.1, 0.15) is 162 Å². The van der Waals surface area contributed by atoms with Crippen LogP contribution in [-0.2, 0) is 32.6 Å². The molecule has 324 valence electrons. The number of phosphoric ester groups is 1. The Kier molecular flexibility index (Phi) is 32.5. The first-order valence-corrected chi connectivity index (χ1v) is 23.7. The highest BCUT2D eigenvalue weighted by molar-refractivity contribution is 7.47. The van der Waals surface area contributed by atoms with Crippen LogP contribution in [0.4, 0.5) is 0 Å². The Hall–Kier alpha value is -2.00. The van der Waals surface area contributed by atoms with Crippen molar-refractivity contribution in [3.8, 4) is 0 Å². The molecule has 1 aliphatic rings. The monoisotopic (exact) mass is 809 g/mol. The van der Waals surface area contributed by atoms with Gasteiger partial charge in [0.2, 0.25) is 0 Å². The first kappa shape index (κ1) is 52.0. The minimum absolute atomic E-state index is 0.0747. The van der Waals surface area contributed by atoms with Crippen LogP contribution in [0.15, 0.2) is 60.9 Å². The highest BCUT2D eigenvalue weighted by Gasteiger charge is 2.36. The SMILES string of the molecule is CCCCC/C=C\C/C=C\CC1OC1C/C=C\CCCC(=O)OC[C@H](COP(=O)(O)OCC[N+](C)(C)C)O/C=C/CCCCCCCC/C=C\CCCCCC. The molecule has 3 unspecified atom stereocenters. The minimum atomic E-state index is -4.29. The molecule has 1 fully saturated rings. The van der Waals surface area contributed by atoms with Gasteiger partial charge >= 0.3 is 13.8 Å². The van der Waals surface area contributed by atoms with Crippen molar-refractivity contribution < 1.29 is 42.0 Å². The van der Waals surface area contributed by atoms with Crippen LogP contribution in [0.3, 0.4) is 0 Å². The molecule has 1 aliphatic heterocycles. The standard InChI is InChI=1S/C46H82NO8P/c1-6-8-10-12-14-16-17-18-19-20-21-22-24-26-30-34-39-51-43(42-54-56(49,50)53-40-38-47(3,4)5)41-52-46(48)37-33-29-28-32-36-45-44(55-45)35-31-27-25-23-15-13-11-9-7-2/h15-17,23,27-28,31-32,34,39,43-45H,6-14,18-22,24-26,29-30,33,35-38,40-42H2,1-5H3/p+1/b17-16-,23-15-,31-27-,32-28-,39-34+/t43-,44?,45?/m1/s1. The fourth-order valence-electron chi connectivity index (χ4n) is 5.86. The van der Waals surface area contributed by atoms with Gasteiger partial charge in [-0.2, -0.15) is 0 Å². The van der Waals surface area contributed by atoms with Crippen molar-refractivity contribution in [2.24, 2.45) is 0 Å². The second-order valence-electron chi connectivity index (χ2n) is 16.2. The van der Waals surface area contributed by atoms with E-state index in [4.69, 9.17) is 23.3 Å². The summed E-state index contributed by atoms with van der Waals surface area (Å²) in [6, 6.07) is 0. The topological polar surface area (TPSA) is 104 Å².